The first kappa shape index (κ1) is 17.7. The molecule has 0 unspecified atom stereocenters. The van der Waals surface area contributed by atoms with E-state index < -0.39 is 6.55 Å². The van der Waals surface area contributed by atoms with Crippen molar-refractivity contribution < 1.29 is 13.6 Å². The van der Waals surface area contributed by atoms with Crippen LogP contribution in [0.25, 0.3) is 11.1 Å². The Hall–Kier alpha value is -3.10. The van der Waals surface area contributed by atoms with Crippen LogP contribution in [0.3, 0.4) is 0 Å². The maximum absolute atomic E-state index is 12.7. The molecule has 1 aromatic carbocycles. The smallest absolute Gasteiger partial charge is 0.333 e. The number of aromatic nitrogens is 5. The summed E-state index contributed by atoms with van der Waals surface area (Å²) < 4.78 is 27.7. The Balaban J connectivity index is 1.68. The van der Waals surface area contributed by atoms with Crippen molar-refractivity contribution in [3.05, 3.63) is 54.4 Å². The summed E-state index contributed by atoms with van der Waals surface area (Å²) in [5.41, 5.74) is 2.32. The van der Waals surface area contributed by atoms with E-state index in [-0.39, 0.29) is 11.9 Å². The summed E-state index contributed by atoms with van der Waals surface area (Å²) in [4.78, 5) is 16.2. The van der Waals surface area contributed by atoms with Gasteiger partial charge in [0.2, 0.25) is 0 Å². The molecular formula is C17H18F2N6O. The van der Waals surface area contributed by atoms with Gasteiger partial charge in [-0.3, -0.25) is 9.48 Å². The minimum absolute atomic E-state index is 0.129. The summed E-state index contributed by atoms with van der Waals surface area (Å²) in [5.74, 6) is -0.218. The monoisotopic (exact) mass is 360 g/mol. The lowest BCUT2D eigenvalue weighted by Gasteiger charge is -2.13. The highest BCUT2D eigenvalue weighted by Crippen LogP contribution is 2.25. The summed E-state index contributed by atoms with van der Waals surface area (Å²) in [7, 11) is 0. The molecule has 1 N–H and O–H groups in total. The molecule has 0 saturated carbocycles. The normalized spacial score (nSPS) is 12.3. The average Bonchev–Trinajstić information content (AvgIpc) is 3.24. The number of carbonyl (C=O) groups excluding carboxylic acids is 1. The van der Waals surface area contributed by atoms with Crippen molar-refractivity contribution in [2.24, 2.45) is 0 Å². The number of halogens is 2. The standard InChI is InChI=1S/C17H18F2N6O/c1-11(7-24-10-20-9-21-24)22-16(26)14-5-3-13(4-6-14)15-8-25(17(18)19)23-12(15)2/h3-6,8-11,17H,7H2,1-2H3,(H,22,26)/t11-/m0/s1. The van der Waals surface area contributed by atoms with Gasteiger partial charge in [-0.1, -0.05) is 12.1 Å². The zero-order chi connectivity index (χ0) is 18.7. The third kappa shape index (κ3) is 3.93. The highest BCUT2D eigenvalue weighted by molar-refractivity contribution is 5.94. The van der Waals surface area contributed by atoms with E-state index in [1.807, 2.05) is 6.92 Å². The maximum atomic E-state index is 12.7. The van der Waals surface area contributed by atoms with Gasteiger partial charge in [-0.25, -0.2) is 9.67 Å². The van der Waals surface area contributed by atoms with Crippen LogP contribution in [0.1, 0.15) is 29.5 Å². The van der Waals surface area contributed by atoms with Crippen LogP contribution in [0.5, 0.6) is 0 Å². The summed E-state index contributed by atoms with van der Waals surface area (Å²) in [5, 5.41) is 10.7. The number of nitrogens with one attached hydrogen (secondary N) is 1. The van der Waals surface area contributed by atoms with E-state index in [4.69, 9.17) is 0 Å². The molecule has 1 amide bonds. The number of amides is 1. The Morgan fingerprint density at radius 2 is 2.00 bits per heavy atom. The van der Waals surface area contributed by atoms with E-state index in [2.05, 4.69) is 20.5 Å². The molecular weight excluding hydrogens is 342 g/mol. The van der Waals surface area contributed by atoms with E-state index >= 15 is 0 Å². The SMILES string of the molecule is Cc1nn(C(F)F)cc1-c1ccc(C(=O)N[C@@H](C)Cn2cncn2)cc1. The second-order valence-electron chi connectivity index (χ2n) is 5.96. The van der Waals surface area contributed by atoms with E-state index in [1.165, 1.54) is 12.5 Å². The molecule has 0 aliphatic rings. The average molecular weight is 360 g/mol. The van der Waals surface area contributed by atoms with Crippen LogP contribution in [0.2, 0.25) is 0 Å². The lowest BCUT2D eigenvalue weighted by molar-refractivity contribution is 0.0563. The molecule has 7 nitrogen and oxygen atoms in total. The highest BCUT2D eigenvalue weighted by atomic mass is 19.3. The second-order valence-corrected chi connectivity index (χ2v) is 5.96. The number of hydrogen-bond acceptors (Lipinski definition) is 4. The number of alkyl halides is 2. The number of hydrogen-bond donors (Lipinski definition) is 1. The van der Waals surface area contributed by atoms with Gasteiger partial charge in [0, 0.05) is 23.4 Å². The fraction of sp³-hybridized carbons (Fsp3) is 0.294. The van der Waals surface area contributed by atoms with Crippen LogP contribution in [0.4, 0.5) is 8.78 Å². The van der Waals surface area contributed by atoms with Crippen LogP contribution < -0.4 is 5.32 Å². The third-order valence-corrected chi connectivity index (χ3v) is 3.88. The van der Waals surface area contributed by atoms with Gasteiger partial charge in [-0.05, 0) is 31.5 Å². The van der Waals surface area contributed by atoms with Gasteiger partial charge < -0.3 is 5.32 Å². The van der Waals surface area contributed by atoms with Gasteiger partial charge >= 0.3 is 6.55 Å². The van der Waals surface area contributed by atoms with E-state index in [1.54, 1.807) is 42.2 Å². The molecule has 0 radical (unpaired) electrons. The van der Waals surface area contributed by atoms with Crippen molar-refractivity contribution in [1.82, 2.24) is 29.9 Å². The summed E-state index contributed by atoms with van der Waals surface area (Å²) in [6, 6.07) is 6.63. The maximum Gasteiger partial charge on any atom is 0.333 e. The Labute approximate surface area is 148 Å². The number of nitrogens with zero attached hydrogens (tertiary/aromatic N) is 5. The van der Waals surface area contributed by atoms with Crippen LogP contribution in [0, 0.1) is 6.92 Å². The molecule has 0 aliphatic heterocycles. The second kappa shape index (κ2) is 7.42. The predicted molar refractivity (Wildman–Crippen MR) is 90.6 cm³/mol. The molecule has 0 aliphatic carbocycles. The van der Waals surface area contributed by atoms with Crippen molar-refractivity contribution >= 4 is 5.91 Å². The number of aryl methyl sites for hydroxylation is 1. The first-order valence-electron chi connectivity index (χ1n) is 8.01. The number of carbonyl (C=O) groups is 1. The molecule has 3 aromatic rings. The van der Waals surface area contributed by atoms with E-state index in [9.17, 15) is 13.6 Å². The molecule has 26 heavy (non-hydrogen) atoms. The molecule has 0 saturated heterocycles. The molecule has 9 heteroatoms. The third-order valence-electron chi connectivity index (χ3n) is 3.88. The van der Waals surface area contributed by atoms with Gasteiger partial charge in [0.1, 0.15) is 12.7 Å². The molecule has 0 spiro atoms. The van der Waals surface area contributed by atoms with Gasteiger partial charge in [0.05, 0.1) is 12.2 Å². The van der Waals surface area contributed by atoms with Crippen molar-refractivity contribution in [1.29, 1.82) is 0 Å². The fourth-order valence-electron chi connectivity index (χ4n) is 2.63. The topological polar surface area (TPSA) is 77.6 Å². The van der Waals surface area contributed by atoms with Crippen molar-refractivity contribution in [3.8, 4) is 11.1 Å². The molecule has 3 rings (SSSR count). The van der Waals surface area contributed by atoms with Crippen LogP contribution in [0.15, 0.2) is 43.1 Å². The molecule has 0 fully saturated rings. The lowest BCUT2D eigenvalue weighted by atomic mass is 10.0. The first-order valence-corrected chi connectivity index (χ1v) is 8.01. The Morgan fingerprint density at radius 1 is 1.27 bits per heavy atom. The van der Waals surface area contributed by atoms with Crippen molar-refractivity contribution in [3.63, 3.8) is 0 Å². The number of rotatable bonds is 6. The van der Waals surface area contributed by atoms with E-state index in [0.717, 1.165) is 5.56 Å². The minimum Gasteiger partial charge on any atom is -0.348 e. The summed E-state index contributed by atoms with van der Waals surface area (Å²) >= 11 is 0. The van der Waals surface area contributed by atoms with Crippen LogP contribution in [-0.2, 0) is 6.54 Å². The molecule has 2 heterocycles. The number of benzene rings is 1. The highest BCUT2D eigenvalue weighted by Gasteiger charge is 2.14. The Bertz CT molecular complexity index is 873. The van der Waals surface area contributed by atoms with Gasteiger partial charge in [-0.15, -0.1) is 0 Å². The molecule has 0 bridgehead atoms. The quantitative estimate of drug-likeness (QED) is 0.733. The minimum atomic E-state index is -2.68. The van der Waals surface area contributed by atoms with Crippen LogP contribution >= 0.6 is 0 Å². The summed E-state index contributed by atoms with van der Waals surface area (Å²) in [6.45, 7) is 1.37. The molecule has 1 atom stereocenters. The van der Waals surface area contributed by atoms with Crippen molar-refractivity contribution in [2.75, 3.05) is 0 Å². The summed E-state index contributed by atoms with van der Waals surface area (Å²) in [6.07, 6.45) is 4.32. The zero-order valence-corrected chi connectivity index (χ0v) is 14.3. The predicted octanol–water partition coefficient (Wildman–Crippen LogP) is 2.66. The largest absolute Gasteiger partial charge is 0.348 e. The van der Waals surface area contributed by atoms with Crippen LogP contribution in [-0.4, -0.2) is 36.5 Å². The van der Waals surface area contributed by atoms with Gasteiger partial charge in [0.15, 0.2) is 0 Å². The molecule has 2 aromatic heterocycles. The fourth-order valence-corrected chi connectivity index (χ4v) is 2.63. The van der Waals surface area contributed by atoms with Gasteiger partial charge in [0.25, 0.3) is 5.91 Å². The Morgan fingerprint density at radius 3 is 2.58 bits per heavy atom. The Kier molecular flexibility index (Phi) is 5.06. The lowest BCUT2D eigenvalue weighted by Crippen LogP contribution is -2.35. The van der Waals surface area contributed by atoms with Gasteiger partial charge in [-0.2, -0.15) is 19.0 Å². The van der Waals surface area contributed by atoms with E-state index in [0.29, 0.717) is 28.0 Å². The first-order chi connectivity index (χ1) is 12.4. The molecule has 136 valence electrons. The van der Waals surface area contributed by atoms with Crippen molar-refractivity contribution in [2.45, 2.75) is 33.0 Å². The zero-order valence-electron chi connectivity index (χ0n) is 14.3.